The fraction of sp³-hybridized carbons (Fsp3) is 0.682. The standard InChI is InChI=1S/C22H33ClO5S/c1-28-22(27)21-12-10-16(29-21)7-5-8-17-18(20(26)14-19(17)23)11-9-15(25)6-3-2-4-13-24/h9-12,15,17-20,24-26H,2-8,13-14H2,1H3/b11-9+/t15-,17+,18+,19+,20+/m0/s1. The summed E-state index contributed by atoms with van der Waals surface area (Å²) in [5, 5.41) is 29.3. The van der Waals surface area contributed by atoms with E-state index in [9.17, 15) is 15.0 Å². The number of aliphatic hydroxyl groups excluding tert-OH is 3. The molecule has 0 spiro atoms. The zero-order chi connectivity index (χ0) is 21.2. The van der Waals surface area contributed by atoms with Gasteiger partial charge in [-0.3, -0.25) is 0 Å². The van der Waals surface area contributed by atoms with Crippen LogP contribution in [0.5, 0.6) is 0 Å². The summed E-state index contributed by atoms with van der Waals surface area (Å²) in [6.07, 6.45) is 9.16. The Morgan fingerprint density at radius 1 is 1.34 bits per heavy atom. The van der Waals surface area contributed by atoms with Gasteiger partial charge in [-0.15, -0.1) is 22.9 Å². The normalized spacial score (nSPS) is 25.6. The molecular weight excluding hydrogens is 412 g/mol. The van der Waals surface area contributed by atoms with Gasteiger partial charge in [0.1, 0.15) is 4.88 Å². The summed E-state index contributed by atoms with van der Waals surface area (Å²) in [6, 6.07) is 3.76. The molecule has 5 atom stereocenters. The quantitative estimate of drug-likeness (QED) is 0.197. The Morgan fingerprint density at radius 2 is 2.14 bits per heavy atom. The molecule has 0 aromatic carbocycles. The molecule has 0 bridgehead atoms. The van der Waals surface area contributed by atoms with Crippen LogP contribution in [0.3, 0.4) is 0 Å². The second-order valence-electron chi connectivity index (χ2n) is 7.74. The van der Waals surface area contributed by atoms with Crippen LogP contribution in [0, 0.1) is 11.8 Å². The van der Waals surface area contributed by atoms with E-state index >= 15 is 0 Å². The average molecular weight is 445 g/mol. The maximum absolute atomic E-state index is 11.6. The number of thiophene rings is 1. The number of halogens is 1. The van der Waals surface area contributed by atoms with Crippen molar-refractivity contribution in [3.05, 3.63) is 34.0 Å². The molecule has 1 aromatic rings. The number of methoxy groups -OCH3 is 1. The molecule has 164 valence electrons. The first-order valence-corrected chi connectivity index (χ1v) is 11.7. The Morgan fingerprint density at radius 3 is 2.86 bits per heavy atom. The van der Waals surface area contributed by atoms with E-state index in [1.54, 1.807) is 12.1 Å². The van der Waals surface area contributed by atoms with Gasteiger partial charge in [0, 0.05) is 22.8 Å². The maximum Gasteiger partial charge on any atom is 0.348 e. The van der Waals surface area contributed by atoms with E-state index < -0.39 is 12.2 Å². The highest BCUT2D eigenvalue weighted by molar-refractivity contribution is 7.13. The van der Waals surface area contributed by atoms with Gasteiger partial charge in [-0.25, -0.2) is 4.79 Å². The largest absolute Gasteiger partial charge is 0.465 e. The molecule has 0 radical (unpaired) electrons. The summed E-state index contributed by atoms with van der Waals surface area (Å²) in [5.74, 6) is -0.177. The van der Waals surface area contributed by atoms with Gasteiger partial charge in [-0.1, -0.05) is 25.0 Å². The smallest absolute Gasteiger partial charge is 0.348 e. The number of carbonyl (C=O) groups is 1. The van der Waals surface area contributed by atoms with Crippen molar-refractivity contribution in [3.8, 4) is 0 Å². The van der Waals surface area contributed by atoms with Gasteiger partial charge in [-0.2, -0.15) is 0 Å². The van der Waals surface area contributed by atoms with Gasteiger partial charge in [0.25, 0.3) is 0 Å². The molecule has 1 aliphatic carbocycles. The summed E-state index contributed by atoms with van der Waals surface area (Å²) in [5.41, 5.74) is 0. The molecule has 1 heterocycles. The number of carbonyl (C=O) groups excluding carboxylic acids is 1. The molecule has 1 fully saturated rings. The van der Waals surface area contributed by atoms with Crippen molar-refractivity contribution in [1.29, 1.82) is 0 Å². The molecule has 1 aliphatic rings. The van der Waals surface area contributed by atoms with Crippen LogP contribution in [-0.4, -0.2) is 52.6 Å². The van der Waals surface area contributed by atoms with Crippen molar-refractivity contribution < 1.29 is 24.9 Å². The lowest BCUT2D eigenvalue weighted by Crippen LogP contribution is -2.19. The molecule has 1 saturated carbocycles. The highest BCUT2D eigenvalue weighted by atomic mass is 35.5. The van der Waals surface area contributed by atoms with E-state index in [0.29, 0.717) is 17.7 Å². The van der Waals surface area contributed by atoms with Crippen LogP contribution in [0.15, 0.2) is 24.3 Å². The number of esters is 1. The first kappa shape index (κ1) is 24.4. The lowest BCUT2D eigenvalue weighted by atomic mass is 9.89. The van der Waals surface area contributed by atoms with Gasteiger partial charge < -0.3 is 20.1 Å². The van der Waals surface area contributed by atoms with Crippen LogP contribution in [0.4, 0.5) is 0 Å². The van der Waals surface area contributed by atoms with Crippen molar-refractivity contribution in [3.63, 3.8) is 0 Å². The number of rotatable bonds is 12. The average Bonchev–Trinajstić information content (AvgIpc) is 3.28. The predicted octanol–water partition coefficient (Wildman–Crippen LogP) is 3.93. The molecule has 7 heteroatoms. The number of aliphatic hydroxyl groups is 3. The monoisotopic (exact) mass is 444 g/mol. The van der Waals surface area contributed by atoms with E-state index in [4.69, 9.17) is 21.4 Å². The predicted molar refractivity (Wildman–Crippen MR) is 117 cm³/mol. The molecule has 0 saturated heterocycles. The molecular formula is C22H33ClO5S. The fourth-order valence-corrected chi connectivity index (χ4v) is 5.41. The lowest BCUT2D eigenvalue weighted by Gasteiger charge is -2.21. The Bertz CT molecular complexity index is 647. The first-order chi connectivity index (χ1) is 14.0. The second kappa shape index (κ2) is 12.7. The van der Waals surface area contributed by atoms with Gasteiger partial charge >= 0.3 is 5.97 Å². The van der Waals surface area contributed by atoms with Crippen LogP contribution in [0.25, 0.3) is 0 Å². The van der Waals surface area contributed by atoms with E-state index in [1.165, 1.54) is 18.4 Å². The summed E-state index contributed by atoms with van der Waals surface area (Å²) in [4.78, 5) is 13.3. The minimum absolute atomic E-state index is 0.0430. The van der Waals surface area contributed by atoms with Crippen molar-refractivity contribution in [2.24, 2.45) is 11.8 Å². The molecule has 0 aliphatic heterocycles. The van der Waals surface area contributed by atoms with Crippen LogP contribution >= 0.6 is 22.9 Å². The minimum atomic E-state index is -0.529. The lowest BCUT2D eigenvalue weighted by molar-refractivity contribution is 0.0606. The third kappa shape index (κ3) is 7.68. The van der Waals surface area contributed by atoms with E-state index in [1.807, 2.05) is 12.1 Å². The van der Waals surface area contributed by atoms with Crippen molar-refractivity contribution in [2.45, 2.75) is 69.0 Å². The molecule has 2 rings (SSSR count). The van der Waals surface area contributed by atoms with Gasteiger partial charge in [0.05, 0.1) is 19.3 Å². The third-order valence-corrected chi connectivity index (χ3v) is 7.22. The number of ether oxygens (including phenoxy) is 1. The first-order valence-electron chi connectivity index (χ1n) is 10.4. The number of unbranched alkanes of at least 4 members (excludes halogenated alkanes) is 2. The Labute approximate surface area is 182 Å². The number of hydrogen-bond donors (Lipinski definition) is 3. The van der Waals surface area contributed by atoms with Gasteiger partial charge in [0.15, 0.2) is 0 Å². The zero-order valence-corrected chi connectivity index (χ0v) is 18.6. The topological polar surface area (TPSA) is 87.0 Å². The number of hydrogen-bond acceptors (Lipinski definition) is 6. The van der Waals surface area contributed by atoms with Gasteiger partial charge in [-0.05, 0) is 56.6 Å². The van der Waals surface area contributed by atoms with Gasteiger partial charge in [0.2, 0.25) is 0 Å². The Hall–Kier alpha value is -0.920. The van der Waals surface area contributed by atoms with Crippen molar-refractivity contribution >= 4 is 28.9 Å². The molecule has 1 aromatic heterocycles. The van der Waals surface area contributed by atoms with E-state index in [2.05, 4.69) is 0 Å². The molecule has 29 heavy (non-hydrogen) atoms. The van der Waals surface area contributed by atoms with Crippen molar-refractivity contribution in [1.82, 2.24) is 0 Å². The summed E-state index contributed by atoms with van der Waals surface area (Å²) < 4.78 is 4.75. The van der Waals surface area contributed by atoms with Crippen LogP contribution in [0.1, 0.15) is 59.5 Å². The fourth-order valence-electron chi connectivity index (χ4n) is 3.96. The van der Waals surface area contributed by atoms with Crippen molar-refractivity contribution in [2.75, 3.05) is 13.7 Å². The van der Waals surface area contributed by atoms with E-state index in [-0.39, 0.29) is 29.8 Å². The van der Waals surface area contributed by atoms with Crippen LogP contribution in [0.2, 0.25) is 0 Å². The highest BCUT2D eigenvalue weighted by Gasteiger charge is 2.39. The second-order valence-corrected chi connectivity index (χ2v) is 9.46. The number of alkyl halides is 1. The minimum Gasteiger partial charge on any atom is -0.465 e. The molecule has 5 nitrogen and oxygen atoms in total. The molecule has 0 amide bonds. The Balaban J connectivity index is 1.83. The third-order valence-electron chi connectivity index (χ3n) is 5.59. The summed E-state index contributed by atoms with van der Waals surface area (Å²) in [6.45, 7) is 0.189. The Kier molecular flexibility index (Phi) is 10.7. The van der Waals surface area contributed by atoms with Crippen LogP contribution in [-0.2, 0) is 11.2 Å². The van der Waals surface area contributed by atoms with E-state index in [0.717, 1.165) is 43.4 Å². The molecule has 0 unspecified atom stereocenters. The highest BCUT2D eigenvalue weighted by Crippen LogP contribution is 2.40. The van der Waals surface area contributed by atoms with Crippen LogP contribution < -0.4 is 0 Å². The molecule has 3 N–H and O–H groups in total. The SMILES string of the molecule is COC(=O)c1ccc(CCC[C@@H]2[C@@H](/C=C/[C@@H](O)CCCCCO)[C@H](O)C[C@H]2Cl)s1. The summed E-state index contributed by atoms with van der Waals surface area (Å²) >= 11 is 7.96. The maximum atomic E-state index is 11.6. The number of aryl methyl sites for hydroxylation is 1. The zero-order valence-electron chi connectivity index (χ0n) is 17.0. The summed E-state index contributed by atoms with van der Waals surface area (Å²) in [7, 11) is 1.38.